The van der Waals surface area contributed by atoms with Gasteiger partial charge in [-0.2, -0.15) is 0 Å². The number of aryl methyl sites for hydroxylation is 1. The quantitative estimate of drug-likeness (QED) is 0.288. The molecule has 34 heavy (non-hydrogen) atoms. The van der Waals surface area contributed by atoms with Gasteiger partial charge < -0.3 is 14.8 Å². The molecule has 0 heterocycles. The number of carbonyl (C=O) groups is 2. The van der Waals surface area contributed by atoms with E-state index in [1.54, 1.807) is 36.4 Å². The standard InChI is InChI=1S/C23H20N2O8S/c1-15-7-10-17(11-8-15)33-20-6-4-3-5-18(20)24-22(26)14-32-23(27)16-9-12-21(34(2,30)31)19(13-16)25(28)29/h3-13H,14H2,1-2H3,(H,24,26). The van der Waals surface area contributed by atoms with E-state index >= 15 is 0 Å². The van der Waals surface area contributed by atoms with Crippen LogP contribution in [0.3, 0.4) is 0 Å². The number of benzene rings is 3. The molecule has 0 saturated heterocycles. The molecular weight excluding hydrogens is 464 g/mol. The summed E-state index contributed by atoms with van der Waals surface area (Å²) in [5.74, 6) is -0.756. The number of sulfone groups is 1. The molecule has 0 aromatic heterocycles. The van der Waals surface area contributed by atoms with Crippen LogP contribution in [-0.4, -0.2) is 38.1 Å². The Hall–Kier alpha value is -4.25. The summed E-state index contributed by atoms with van der Waals surface area (Å²) in [6.07, 6.45) is 0.818. The van der Waals surface area contributed by atoms with E-state index in [9.17, 15) is 28.1 Å². The van der Waals surface area contributed by atoms with Gasteiger partial charge in [-0.3, -0.25) is 14.9 Å². The molecule has 0 aliphatic rings. The van der Waals surface area contributed by atoms with Crippen molar-refractivity contribution in [3.8, 4) is 11.5 Å². The molecule has 0 saturated carbocycles. The van der Waals surface area contributed by atoms with Crippen LogP contribution in [0.2, 0.25) is 0 Å². The first-order valence-corrected chi connectivity index (χ1v) is 11.7. The third kappa shape index (κ3) is 6.17. The molecule has 0 radical (unpaired) electrons. The van der Waals surface area contributed by atoms with Crippen LogP contribution in [0.15, 0.2) is 71.6 Å². The van der Waals surface area contributed by atoms with Gasteiger partial charge in [-0.1, -0.05) is 29.8 Å². The van der Waals surface area contributed by atoms with Gasteiger partial charge in [-0.25, -0.2) is 13.2 Å². The number of anilines is 1. The fourth-order valence-electron chi connectivity index (χ4n) is 2.89. The first-order valence-electron chi connectivity index (χ1n) is 9.83. The normalized spacial score (nSPS) is 10.9. The molecule has 0 aliphatic carbocycles. The van der Waals surface area contributed by atoms with Crippen LogP contribution in [0.25, 0.3) is 0 Å². The molecule has 0 aliphatic heterocycles. The van der Waals surface area contributed by atoms with Crippen LogP contribution in [0, 0.1) is 17.0 Å². The van der Waals surface area contributed by atoms with Crippen molar-refractivity contribution in [2.45, 2.75) is 11.8 Å². The number of nitrogens with zero attached hydrogens (tertiary/aromatic N) is 1. The van der Waals surface area contributed by atoms with E-state index < -0.39 is 43.8 Å². The lowest BCUT2D eigenvalue weighted by Crippen LogP contribution is -2.21. The SMILES string of the molecule is Cc1ccc(Oc2ccccc2NC(=O)COC(=O)c2ccc(S(C)(=O)=O)c([N+](=O)[O-])c2)cc1. The van der Waals surface area contributed by atoms with Crippen molar-refractivity contribution in [1.82, 2.24) is 0 Å². The maximum absolute atomic E-state index is 12.3. The van der Waals surface area contributed by atoms with E-state index in [1.165, 1.54) is 0 Å². The predicted molar refractivity (Wildman–Crippen MR) is 123 cm³/mol. The number of carbonyl (C=O) groups excluding carboxylic acids is 2. The van der Waals surface area contributed by atoms with Crippen molar-refractivity contribution in [3.63, 3.8) is 0 Å². The Morgan fingerprint density at radius 2 is 1.71 bits per heavy atom. The molecule has 0 atom stereocenters. The van der Waals surface area contributed by atoms with E-state index in [4.69, 9.17) is 9.47 Å². The maximum atomic E-state index is 12.3. The van der Waals surface area contributed by atoms with Crippen LogP contribution >= 0.6 is 0 Å². The average molecular weight is 484 g/mol. The molecule has 10 nitrogen and oxygen atoms in total. The van der Waals surface area contributed by atoms with Gasteiger partial charge in [0.25, 0.3) is 11.6 Å². The Morgan fingerprint density at radius 3 is 2.35 bits per heavy atom. The summed E-state index contributed by atoms with van der Waals surface area (Å²) < 4.78 is 34.1. The highest BCUT2D eigenvalue weighted by Crippen LogP contribution is 2.29. The summed E-state index contributed by atoms with van der Waals surface area (Å²) in [6, 6.07) is 16.8. The Kier molecular flexibility index (Phi) is 7.27. The summed E-state index contributed by atoms with van der Waals surface area (Å²) >= 11 is 0. The fraction of sp³-hybridized carbons (Fsp3) is 0.130. The number of nitrogens with one attached hydrogen (secondary N) is 1. The van der Waals surface area contributed by atoms with Gasteiger partial charge in [0, 0.05) is 12.3 Å². The zero-order chi connectivity index (χ0) is 24.9. The fourth-order valence-corrected chi connectivity index (χ4v) is 3.72. The number of ether oxygens (including phenoxy) is 2. The zero-order valence-electron chi connectivity index (χ0n) is 18.2. The van der Waals surface area contributed by atoms with E-state index in [2.05, 4.69) is 5.32 Å². The summed E-state index contributed by atoms with van der Waals surface area (Å²) in [5, 5.41) is 13.8. The Balaban J connectivity index is 1.67. The highest BCUT2D eigenvalue weighted by Gasteiger charge is 2.24. The topological polar surface area (TPSA) is 142 Å². The van der Waals surface area contributed by atoms with Gasteiger partial charge in [-0.15, -0.1) is 0 Å². The van der Waals surface area contributed by atoms with Crippen LogP contribution in [0.4, 0.5) is 11.4 Å². The number of amides is 1. The third-order valence-corrected chi connectivity index (χ3v) is 5.68. The van der Waals surface area contributed by atoms with Gasteiger partial charge in [-0.05, 0) is 43.3 Å². The number of rotatable bonds is 8. The highest BCUT2D eigenvalue weighted by molar-refractivity contribution is 7.90. The molecule has 3 rings (SSSR count). The van der Waals surface area contributed by atoms with Crippen LogP contribution in [0.1, 0.15) is 15.9 Å². The van der Waals surface area contributed by atoms with Gasteiger partial charge >= 0.3 is 5.97 Å². The molecular formula is C23H20N2O8S. The number of nitro groups is 1. The van der Waals surface area contributed by atoms with Gasteiger partial charge in [0.05, 0.1) is 16.2 Å². The maximum Gasteiger partial charge on any atom is 0.338 e. The Bertz CT molecular complexity index is 1350. The van der Waals surface area contributed by atoms with Gasteiger partial charge in [0.1, 0.15) is 10.6 Å². The smallest absolute Gasteiger partial charge is 0.338 e. The number of hydrogen-bond donors (Lipinski definition) is 1. The molecule has 0 unspecified atom stereocenters. The summed E-state index contributed by atoms with van der Waals surface area (Å²) in [4.78, 5) is 34.4. The molecule has 176 valence electrons. The van der Waals surface area contributed by atoms with Crippen LogP contribution in [0.5, 0.6) is 11.5 Å². The van der Waals surface area contributed by atoms with Crippen molar-refractivity contribution in [1.29, 1.82) is 0 Å². The first-order chi connectivity index (χ1) is 16.0. The second-order valence-corrected chi connectivity index (χ2v) is 9.23. The van der Waals surface area contributed by atoms with Crippen molar-refractivity contribution in [3.05, 3.63) is 88.0 Å². The molecule has 1 amide bonds. The largest absolute Gasteiger partial charge is 0.455 e. The second-order valence-electron chi connectivity index (χ2n) is 7.25. The molecule has 1 N–H and O–H groups in total. The predicted octanol–water partition coefficient (Wildman–Crippen LogP) is 3.89. The zero-order valence-corrected chi connectivity index (χ0v) is 19.0. The molecule has 0 fully saturated rings. The summed E-state index contributed by atoms with van der Waals surface area (Å²) in [6.45, 7) is 1.26. The van der Waals surface area contributed by atoms with E-state index in [0.29, 0.717) is 17.2 Å². The molecule has 3 aromatic rings. The van der Waals surface area contributed by atoms with Crippen molar-refractivity contribution in [2.75, 3.05) is 18.2 Å². The number of para-hydroxylation sites is 2. The van der Waals surface area contributed by atoms with E-state index in [1.807, 2.05) is 19.1 Å². The van der Waals surface area contributed by atoms with Crippen molar-refractivity contribution in [2.24, 2.45) is 0 Å². The minimum absolute atomic E-state index is 0.269. The van der Waals surface area contributed by atoms with Crippen molar-refractivity contribution < 1.29 is 32.4 Å². The highest BCUT2D eigenvalue weighted by atomic mass is 32.2. The second kappa shape index (κ2) is 10.1. The number of hydrogen-bond acceptors (Lipinski definition) is 8. The monoisotopic (exact) mass is 484 g/mol. The summed E-state index contributed by atoms with van der Waals surface area (Å²) in [5.41, 5.74) is 0.378. The molecule has 11 heteroatoms. The lowest BCUT2D eigenvalue weighted by molar-refractivity contribution is -0.387. The minimum atomic E-state index is -3.88. The van der Waals surface area contributed by atoms with Crippen molar-refractivity contribution >= 4 is 33.1 Å². The van der Waals surface area contributed by atoms with E-state index in [0.717, 1.165) is 30.0 Å². The Morgan fingerprint density at radius 1 is 1.03 bits per heavy atom. The Labute approximate surface area is 195 Å². The van der Waals surface area contributed by atoms with E-state index in [-0.39, 0.29) is 5.56 Å². The molecule has 0 spiro atoms. The van der Waals surface area contributed by atoms with Crippen LogP contribution < -0.4 is 10.1 Å². The number of esters is 1. The number of nitro benzene ring substituents is 1. The third-order valence-electron chi connectivity index (χ3n) is 4.54. The lowest BCUT2D eigenvalue weighted by atomic mass is 10.2. The lowest BCUT2D eigenvalue weighted by Gasteiger charge is -2.12. The minimum Gasteiger partial charge on any atom is -0.455 e. The van der Waals surface area contributed by atoms with Gasteiger partial charge in [0.15, 0.2) is 22.2 Å². The van der Waals surface area contributed by atoms with Gasteiger partial charge in [0.2, 0.25) is 0 Å². The summed E-state index contributed by atoms with van der Waals surface area (Å²) in [7, 11) is -3.88. The molecule has 3 aromatic carbocycles. The van der Waals surface area contributed by atoms with Crippen LogP contribution in [-0.2, 0) is 19.4 Å². The average Bonchev–Trinajstić information content (AvgIpc) is 2.79. The molecule has 0 bridgehead atoms. The first kappa shape index (κ1) is 24.4.